The summed E-state index contributed by atoms with van der Waals surface area (Å²) in [6, 6.07) is 74.6. The van der Waals surface area contributed by atoms with Crippen molar-refractivity contribution in [2.24, 2.45) is 11.8 Å². The van der Waals surface area contributed by atoms with Gasteiger partial charge in [-0.05, 0) is 199 Å². The molecule has 2 atom stereocenters. The molecule has 0 radical (unpaired) electrons. The summed E-state index contributed by atoms with van der Waals surface area (Å²) in [5.41, 5.74) is 26.8. The lowest BCUT2D eigenvalue weighted by Gasteiger charge is -2.63. The van der Waals surface area contributed by atoms with E-state index >= 15 is 0 Å². The van der Waals surface area contributed by atoms with Crippen LogP contribution in [0, 0.1) is 60.3 Å². The zero-order valence-corrected chi connectivity index (χ0v) is 46.6. The quantitative estimate of drug-likeness (QED) is 0.120. The minimum absolute atomic E-state index is 0.135. The van der Waals surface area contributed by atoms with E-state index in [4.69, 9.17) is 0 Å². The van der Waals surface area contributed by atoms with Gasteiger partial charge in [0.2, 0.25) is 6.71 Å². The van der Waals surface area contributed by atoms with E-state index in [-0.39, 0.29) is 17.5 Å². The second-order valence-corrected chi connectivity index (χ2v) is 28.0. The van der Waals surface area contributed by atoms with Crippen molar-refractivity contribution in [1.29, 1.82) is 0 Å². The van der Waals surface area contributed by atoms with Gasteiger partial charge in [-0.2, -0.15) is 0 Å². The summed E-state index contributed by atoms with van der Waals surface area (Å²) < 4.78 is 0. The second-order valence-electron chi connectivity index (χ2n) is 24.2. The summed E-state index contributed by atoms with van der Waals surface area (Å²) >= 11 is 0. The van der Waals surface area contributed by atoms with Crippen LogP contribution >= 0.6 is 0 Å². The van der Waals surface area contributed by atoms with E-state index in [9.17, 15) is 0 Å². The van der Waals surface area contributed by atoms with E-state index in [1.165, 1.54) is 154 Å². The topological polar surface area (TPSA) is 0 Å². The molecule has 9 aromatic carbocycles. The predicted octanol–water partition coefficient (Wildman–Crippen LogP) is 13.4. The van der Waals surface area contributed by atoms with E-state index in [0.29, 0.717) is 0 Å². The first-order valence-electron chi connectivity index (χ1n) is 28.2. The zero-order valence-electron chi connectivity index (χ0n) is 45.6. The summed E-state index contributed by atoms with van der Waals surface area (Å²) in [5, 5.41) is 6.04. The Morgan fingerprint density at radius 3 is 1.44 bits per heavy atom. The molecule has 4 saturated carbocycles. The Hall–Kier alpha value is -6.74. The van der Waals surface area contributed by atoms with Crippen LogP contribution < -0.4 is 37.1 Å². The highest BCUT2D eigenvalue weighted by atomic mass is 28.3. The van der Waals surface area contributed by atoms with E-state index < -0.39 is 8.07 Å². The molecule has 0 N–H and O–H groups in total. The molecular formula is C73H71BSi. The maximum Gasteiger partial charge on any atom is 0.242 e. The molecule has 75 heavy (non-hydrogen) atoms. The molecule has 5 aliphatic rings. The maximum atomic E-state index is 2.60. The molecule has 4 bridgehead atoms. The summed E-state index contributed by atoms with van der Waals surface area (Å²) in [6.07, 6.45) is 8.97. The lowest BCUT2D eigenvalue weighted by atomic mass is 9.34. The standard InChI is InChI=1S/C73H71BSi/c1-9-56-24-25-58(40-67(56)66-41-61(32-23-49(66)4)74(70-50(5)35-47(2)36-51(70)6)71-52(7)37-48(3)38-53(71)8)57-26-28-59(29-27-57)72-42-54-39-55(43-72)45-73(44-54,46-72)60-30-33-63(34-31-60)75(62-17-11-10-12-18-62)68-21-15-13-19-64(68)65-20-14-16-22-69(65)75/h10-38,40-41,54-55H,9,39,42-46H2,1-8H3. The SMILES string of the molecule is CCc1ccc(-c2ccc(C34CC5CC(C3)CC(c3ccc([Si]6(c7ccccc7)c7ccccc7-c7ccccc76)cc3)(C5)C4)cc2)cc1-c1cc(B(c2c(C)cc(C)cc2C)c2c(C)cc(C)cc2C)ccc1C. The Morgan fingerprint density at radius 2 is 0.907 bits per heavy atom. The fourth-order valence-corrected chi connectivity index (χ4v) is 22.1. The van der Waals surface area contributed by atoms with Crippen molar-refractivity contribution in [3.8, 4) is 33.4 Å². The Kier molecular flexibility index (Phi) is 11.7. The van der Waals surface area contributed by atoms with Crippen LogP contribution in [-0.2, 0) is 17.3 Å². The first kappa shape index (κ1) is 47.9. The second kappa shape index (κ2) is 18.2. The zero-order chi connectivity index (χ0) is 51.4. The molecule has 370 valence electrons. The number of aryl methyl sites for hydroxylation is 8. The van der Waals surface area contributed by atoms with Crippen LogP contribution in [0.2, 0.25) is 0 Å². The minimum atomic E-state index is -2.51. The van der Waals surface area contributed by atoms with E-state index in [1.807, 2.05) is 0 Å². The van der Waals surface area contributed by atoms with Gasteiger partial charge < -0.3 is 0 Å². The number of benzene rings is 9. The molecule has 0 nitrogen and oxygen atoms in total. The number of fused-ring (bicyclic) bond motifs is 3. The monoisotopic (exact) mass is 987 g/mol. The first-order chi connectivity index (χ1) is 36.4. The molecule has 1 heterocycles. The average molecular weight is 987 g/mol. The minimum Gasteiger partial charge on any atom is -0.0680 e. The van der Waals surface area contributed by atoms with Crippen LogP contribution in [0.5, 0.6) is 0 Å². The van der Waals surface area contributed by atoms with Gasteiger partial charge in [0.1, 0.15) is 0 Å². The Labute approximate surface area is 449 Å². The first-order valence-corrected chi connectivity index (χ1v) is 30.2. The fraction of sp³-hybridized carbons (Fsp3) is 0.260. The van der Waals surface area contributed by atoms with Gasteiger partial charge in [-0.3, -0.25) is 0 Å². The molecule has 14 rings (SSSR count). The van der Waals surface area contributed by atoms with Crippen molar-refractivity contribution in [2.75, 3.05) is 0 Å². The molecule has 1 aliphatic heterocycles. The Morgan fingerprint density at radius 1 is 0.427 bits per heavy atom. The van der Waals surface area contributed by atoms with E-state index in [1.54, 1.807) is 11.1 Å². The summed E-state index contributed by atoms with van der Waals surface area (Å²) in [5.74, 6) is 1.56. The summed E-state index contributed by atoms with van der Waals surface area (Å²) in [4.78, 5) is 0. The number of rotatable bonds is 10. The molecule has 0 spiro atoms. The van der Waals surface area contributed by atoms with Crippen molar-refractivity contribution >= 4 is 51.9 Å². The van der Waals surface area contributed by atoms with Crippen molar-refractivity contribution in [2.45, 2.75) is 111 Å². The van der Waals surface area contributed by atoms with Crippen molar-refractivity contribution in [3.05, 3.63) is 244 Å². The Bertz CT molecular complexity index is 3530. The molecule has 4 fully saturated rings. The van der Waals surface area contributed by atoms with Gasteiger partial charge in [-0.1, -0.05) is 239 Å². The third-order valence-corrected chi connectivity index (χ3v) is 24.3. The molecule has 0 saturated heterocycles. The molecular weight excluding hydrogens is 916 g/mol. The largest absolute Gasteiger partial charge is 0.242 e. The van der Waals surface area contributed by atoms with Crippen molar-refractivity contribution < 1.29 is 0 Å². The lowest BCUT2D eigenvalue weighted by molar-refractivity contribution is -0.0281. The third-order valence-electron chi connectivity index (χ3n) is 19.4. The highest BCUT2D eigenvalue weighted by Crippen LogP contribution is 2.66. The molecule has 4 aliphatic carbocycles. The predicted molar refractivity (Wildman–Crippen MR) is 324 cm³/mol. The van der Waals surface area contributed by atoms with Crippen molar-refractivity contribution in [1.82, 2.24) is 0 Å². The van der Waals surface area contributed by atoms with Gasteiger partial charge in [0.05, 0.1) is 0 Å². The van der Waals surface area contributed by atoms with Crippen LogP contribution in [0.25, 0.3) is 33.4 Å². The van der Waals surface area contributed by atoms with Crippen LogP contribution in [0.4, 0.5) is 0 Å². The van der Waals surface area contributed by atoms with Crippen LogP contribution in [0.1, 0.15) is 101 Å². The van der Waals surface area contributed by atoms with Gasteiger partial charge in [0.25, 0.3) is 0 Å². The lowest BCUT2D eigenvalue weighted by Crippen LogP contribution is -2.72. The van der Waals surface area contributed by atoms with Crippen LogP contribution in [-0.4, -0.2) is 14.8 Å². The van der Waals surface area contributed by atoms with Crippen molar-refractivity contribution in [3.63, 3.8) is 0 Å². The normalized spacial score (nSPS) is 20.7. The van der Waals surface area contributed by atoms with E-state index in [0.717, 1.165) is 18.3 Å². The number of hydrogen-bond donors (Lipinski definition) is 0. The van der Waals surface area contributed by atoms with Gasteiger partial charge in [-0.15, -0.1) is 0 Å². The average Bonchev–Trinajstić information content (AvgIpc) is 3.71. The van der Waals surface area contributed by atoms with Gasteiger partial charge in [0, 0.05) is 0 Å². The maximum absolute atomic E-state index is 2.60. The molecule has 2 unspecified atom stereocenters. The molecule has 2 heteroatoms. The highest BCUT2D eigenvalue weighted by molar-refractivity contribution is 7.22. The fourth-order valence-electron chi connectivity index (χ4n) is 16.9. The van der Waals surface area contributed by atoms with Crippen LogP contribution in [0.3, 0.4) is 0 Å². The van der Waals surface area contributed by atoms with Gasteiger partial charge >= 0.3 is 0 Å². The molecule has 0 amide bonds. The Balaban J connectivity index is 0.837. The smallest absolute Gasteiger partial charge is 0.0680 e. The highest BCUT2D eigenvalue weighted by Gasteiger charge is 2.59. The van der Waals surface area contributed by atoms with Crippen LogP contribution in [0.15, 0.2) is 188 Å². The molecule has 0 aromatic heterocycles. The summed E-state index contributed by atoms with van der Waals surface area (Å²) in [7, 11) is -2.51. The third kappa shape index (κ3) is 7.67. The van der Waals surface area contributed by atoms with E-state index in [2.05, 4.69) is 243 Å². The number of hydrogen-bond acceptors (Lipinski definition) is 0. The summed E-state index contributed by atoms with van der Waals surface area (Å²) in [6.45, 7) is 18.5. The van der Waals surface area contributed by atoms with Gasteiger partial charge in [0.15, 0.2) is 8.07 Å². The van der Waals surface area contributed by atoms with Gasteiger partial charge in [-0.25, -0.2) is 0 Å². The molecule has 9 aromatic rings.